The fraction of sp³-hybridized carbons (Fsp3) is 0.300. The zero-order valence-electron chi connectivity index (χ0n) is 14.9. The van der Waals surface area contributed by atoms with Crippen LogP contribution in [0.25, 0.3) is 5.69 Å². The van der Waals surface area contributed by atoms with Gasteiger partial charge in [-0.1, -0.05) is 31.5 Å². The van der Waals surface area contributed by atoms with Gasteiger partial charge in [-0.2, -0.15) is 5.10 Å². The molecule has 3 aromatic rings. The molecule has 130 valence electrons. The van der Waals surface area contributed by atoms with Crippen molar-refractivity contribution in [3.8, 4) is 5.69 Å². The van der Waals surface area contributed by atoms with Crippen LogP contribution in [0.4, 0.5) is 0 Å². The van der Waals surface area contributed by atoms with E-state index in [1.807, 2.05) is 54.9 Å². The number of nitrogens with zero attached hydrogens (tertiary/aromatic N) is 2. The maximum atomic E-state index is 12.8. The summed E-state index contributed by atoms with van der Waals surface area (Å²) in [5, 5.41) is 7.66. The van der Waals surface area contributed by atoms with Gasteiger partial charge in [-0.05, 0) is 44.0 Å². The Hall–Kier alpha value is -2.82. The van der Waals surface area contributed by atoms with Gasteiger partial charge in [0.15, 0.2) is 0 Å². The third-order valence-electron chi connectivity index (χ3n) is 4.25. The molecule has 5 heteroatoms. The number of hydrogen-bond donors (Lipinski definition) is 1. The minimum atomic E-state index is -0.114. The molecule has 0 unspecified atom stereocenters. The fourth-order valence-corrected chi connectivity index (χ4v) is 2.97. The Bertz CT molecular complexity index is 863. The first-order valence-corrected chi connectivity index (χ1v) is 8.57. The van der Waals surface area contributed by atoms with Crippen molar-refractivity contribution in [3.63, 3.8) is 0 Å². The van der Waals surface area contributed by atoms with Crippen molar-refractivity contribution >= 4 is 5.91 Å². The molecule has 0 bridgehead atoms. The summed E-state index contributed by atoms with van der Waals surface area (Å²) in [5.74, 6) is 0.617. The molecule has 0 aliphatic carbocycles. The Morgan fingerprint density at radius 1 is 1.20 bits per heavy atom. The summed E-state index contributed by atoms with van der Waals surface area (Å²) in [6, 6.07) is 11.7. The summed E-state index contributed by atoms with van der Waals surface area (Å²) >= 11 is 0. The Balaban J connectivity index is 1.94. The monoisotopic (exact) mass is 337 g/mol. The van der Waals surface area contributed by atoms with E-state index >= 15 is 0 Å². The van der Waals surface area contributed by atoms with E-state index in [0.717, 1.165) is 41.2 Å². The van der Waals surface area contributed by atoms with Crippen LogP contribution in [0.15, 0.2) is 47.1 Å². The number of amides is 1. The second-order valence-electron chi connectivity index (χ2n) is 6.12. The van der Waals surface area contributed by atoms with E-state index < -0.39 is 0 Å². The lowest BCUT2D eigenvalue weighted by atomic mass is 10.1. The van der Waals surface area contributed by atoms with Crippen molar-refractivity contribution in [2.24, 2.45) is 0 Å². The van der Waals surface area contributed by atoms with Crippen LogP contribution in [0.2, 0.25) is 0 Å². The van der Waals surface area contributed by atoms with Crippen LogP contribution < -0.4 is 5.32 Å². The van der Waals surface area contributed by atoms with Crippen molar-refractivity contribution in [1.82, 2.24) is 15.1 Å². The highest BCUT2D eigenvalue weighted by Gasteiger charge is 2.22. The van der Waals surface area contributed by atoms with Crippen LogP contribution in [0.3, 0.4) is 0 Å². The zero-order chi connectivity index (χ0) is 17.8. The topological polar surface area (TPSA) is 60.1 Å². The largest absolute Gasteiger partial charge is 0.467 e. The molecule has 1 aromatic carbocycles. The second-order valence-corrected chi connectivity index (χ2v) is 6.12. The van der Waals surface area contributed by atoms with Gasteiger partial charge < -0.3 is 9.73 Å². The summed E-state index contributed by atoms with van der Waals surface area (Å²) in [6.45, 7) is 6.45. The van der Waals surface area contributed by atoms with Crippen molar-refractivity contribution in [3.05, 3.63) is 70.9 Å². The van der Waals surface area contributed by atoms with Gasteiger partial charge in [-0.25, -0.2) is 4.68 Å². The molecule has 2 aromatic heterocycles. The number of hydrogen-bond acceptors (Lipinski definition) is 3. The molecule has 5 nitrogen and oxygen atoms in total. The SMILES string of the molecule is CCCc1nn(-c2ccccc2C)c(C)c1C(=O)NCc1ccco1. The highest BCUT2D eigenvalue weighted by molar-refractivity contribution is 5.96. The zero-order valence-corrected chi connectivity index (χ0v) is 14.9. The van der Waals surface area contributed by atoms with Gasteiger partial charge in [-0.3, -0.25) is 4.79 Å². The molecule has 1 amide bonds. The average Bonchev–Trinajstić information content (AvgIpc) is 3.22. The molecule has 0 radical (unpaired) electrons. The third kappa shape index (κ3) is 3.50. The normalized spacial score (nSPS) is 10.8. The number of rotatable bonds is 6. The number of nitrogens with one attached hydrogen (secondary N) is 1. The summed E-state index contributed by atoms with van der Waals surface area (Å²) in [4.78, 5) is 12.8. The van der Waals surface area contributed by atoms with E-state index in [2.05, 4.69) is 12.2 Å². The molecule has 0 aliphatic rings. The molecule has 0 spiro atoms. The first-order chi connectivity index (χ1) is 12.1. The molecule has 1 N–H and O–H groups in total. The number of benzene rings is 1. The molecule has 2 heterocycles. The van der Waals surface area contributed by atoms with Crippen LogP contribution in [0.1, 0.15) is 46.4 Å². The second kappa shape index (κ2) is 7.38. The van der Waals surface area contributed by atoms with Crippen molar-refractivity contribution in [1.29, 1.82) is 0 Å². The van der Waals surface area contributed by atoms with E-state index in [1.54, 1.807) is 6.26 Å². The van der Waals surface area contributed by atoms with Crippen LogP contribution in [-0.2, 0) is 13.0 Å². The minimum Gasteiger partial charge on any atom is -0.467 e. The summed E-state index contributed by atoms with van der Waals surface area (Å²) < 4.78 is 7.16. The van der Waals surface area contributed by atoms with Gasteiger partial charge in [0.25, 0.3) is 5.91 Å². The van der Waals surface area contributed by atoms with Crippen LogP contribution in [0.5, 0.6) is 0 Å². The predicted octanol–water partition coefficient (Wildman–Crippen LogP) is 3.96. The molecule has 0 saturated heterocycles. The predicted molar refractivity (Wildman–Crippen MR) is 96.9 cm³/mol. The van der Waals surface area contributed by atoms with E-state index in [-0.39, 0.29) is 5.91 Å². The highest BCUT2D eigenvalue weighted by atomic mass is 16.3. The van der Waals surface area contributed by atoms with Gasteiger partial charge in [-0.15, -0.1) is 0 Å². The minimum absolute atomic E-state index is 0.114. The number of para-hydroxylation sites is 1. The Kier molecular flexibility index (Phi) is 5.03. The van der Waals surface area contributed by atoms with Gasteiger partial charge in [0.2, 0.25) is 0 Å². The quantitative estimate of drug-likeness (QED) is 0.740. The number of aromatic nitrogens is 2. The third-order valence-corrected chi connectivity index (χ3v) is 4.25. The van der Waals surface area contributed by atoms with E-state index in [1.165, 1.54) is 0 Å². The Labute approximate surface area is 147 Å². The van der Waals surface area contributed by atoms with Gasteiger partial charge in [0.05, 0.1) is 35.4 Å². The Morgan fingerprint density at radius 2 is 2.00 bits per heavy atom. The lowest BCUT2D eigenvalue weighted by molar-refractivity contribution is 0.0946. The van der Waals surface area contributed by atoms with Gasteiger partial charge >= 0.3 is 0 Å². The fourth-order valence-electron chi connectivity index (χ4n) is 2.97. The molecular weight excluding hydrogens is 314 g/mol. The standard InChI is InChI=1S/C20H23N3O2/c1-4-8-17-19(20(24)21-13-16-10-7-12-25-16)15(3)23(22-17)18-11-6-5-9-14(18)2/h5-7,9-12H,4,8,13H2,1-3H3,(H,21,24). The lowest BCUT2D eigenvalue weighted by Crippen LogP contribution is -2.24. The maximum Gasteiger partial charge on any atom is 0.255 e. The molecule has 0 atom stereocenters. The molecular formula is C20H23N3O2. The first-order valence-electron chi connectivity index (χ1n) is 8.57. The van der Waals surface area contributed by atoms with Crippen LogP contribution in [-0.4, -0.2) is 15.7 Å². The van der Waals surface area contributed by atoms with E-state index in [4.69, 9.17) is 9.52 Å². The number of furan rings is 1. The maximum absolute atomic E-state index is 12.8. The van der Waals surface area contributed by atoms with E-state index in [0.29, 0.717) is 12.1 Å². The molecule has 0 aliphatic heterocycles. The molecule has 25 heavy (non-hydrogen) atoms. The number of carbonyl (C=O) groups excluding carboxylic acids is 1. The van der Waals surface area contributed by atoms with Crippen molar-refractivity contribution in [2.45, 2.75) is 40.2 Å². The number of aryl methyl sites for hydroxylation is 2. The lowest BCUT2D eigenvalue weighted by Gasteiger charge is -2.08. The van der Waals surface area contributed by atoms with E-state index in [9.17, 15) is 4.79 Å². The van der Waals surface area contributed by atoms with Gasteiger partial charge in [0.1, 0.15) is 5.76 Å². The Morgan fingerprint density at radius 3 is 2.68 bits per heavy atom. The molecule has 0 saturated carbocycles. The molecule has 0 fully saturated rings. The van der Waals surface area contributed by atoms with Crippen LogP contribution >= 0.6 is 0 Å². The number of carbonyl (C=O) groups is 1. The summed E-state index contributed by atoms with van der Waals surface area (Å²) in [5.41, 5.74) is 4.48. The summed E-state index contributed by atoms with van der Waals surface area (Å²) in [6.07, 6.45) is 3.30. The van der Waals surface area contributed by atoms with Crippen molar-refractivity contribution in [2.75, 3.05) is 0 Å². The highest BCUT2D eigenvalue weighted by Crippen LogP contribution is 2.22. The van der Waals surface area contributed by atoms with Crippen LogP contribution in [0, 0.1) is 13.8 Å². The van der Waals surface area contributed by atoms with Gasteiger partial charge in [0, 0.05) is 0 Å². The molecule has 3 rings (SSSR count). The first kappa shape index (κ1) is 17.0. The average molecular weight is 337 g/mol. The summed E-state index contributed by atoms with van der Waals surface area (Å²) in [7, 11) is 0. The van der Waals surface area contributed by atoms with Crippen molar-refractivity contribution < 1.29 is 9.21 Å². The smallest absolute Gasteiger partial charge is 0.255 e.